The van der Waals surface area contributed by atoms with Crippen LogP contribution in [0.3, 0.4) is 0 Å². The van der Waals surface area contributed by atoms with Crippen LogP contribution in [-0.2, 0) is 9.47 Å². The molecule has 0 saturated heterocycles. The van der Waals surface area contributed by atoms with Crippen molar-refractivity contribution in [2.75, 3.05) is 19.0 Å². The van der Waals surface area contributed by atoms with E-state index in [9.17, 15) is 10.1 Å². The van der Waals surface area contributed by atoms with Crippen molar-refractivity contribution in [3.63, 3.8) is 0 Å². The zero-order valence-corrected chi connectivity index (χ0v) is 12.0. The molecule has 1 fully saturated rings. The summed E-state index contributed by atoms with van der Waals surface area (Å²) in [5, 5.41) is 14.3. The van der Waals surface area contributed by atoms with Crippen molar-refractivity contribution in [1.29, 1.82) is 0 Å². The Hall–Kier alpha value is -1.66. The predicted molar refractivity (Wildman–Crippen MR) is 76.1 cm³/mol. The second-order valence-electron chi connectivity index (χ2n) is 4.96. The van der Waals surface area contributed by atoms with Crippen LogP contribution in [0.25, 0.3) is 0 Å². The number of nitro groups is 1. The molecule has 110 valence electrons. The summed E-state index contributed by atoms with van der Waals surface area (Å²) < 4.78 is 11.0. The Morgan fingerprint density at radius 1 is 1.50 bits per heavy atom. The SMILES string of the molecule is CCOC1CC(Nc2ccc(C)cc2[N+](=O)[O-])C1OC. The fraction of sp³-hybridized carbons (Fsp3) is 0.571. The molecule has 1 aliphatic carbocycles. The van der Waals surface area contributed by atoms with E-state index in [-0.39, 0.29) is 28.9 Å². The molecule has 3 atom stereocenters. The lowest BCUT2D eigenvalue weighted by molar-refractivity contribution is -0.384. The normalized spacial score (nSPS) is 25.1. The van der Waals surface area contributed by atoms with Gasteiger partial charge in [-0.1, -0.05) is 6.07 Å². The Morgan fingerprint density at radius 2 is 2.25 bits per heavy atom. The van der Waals surface area contributed by atoms with E-state index >= 15 is 0 Å². The highest BCUT2D eigenvalue weighted by atomic mass is 16.6. The van der Waals surface area contributed by atoms with Gasteiger partial charge in [0.1, 0.15) is 11.8 Å². The van der Waals surface area contributed by atoms with E-state index in [2.05, 4.69) is 5.32 Å². The van der Waals surface area contributed by atoms with E-state index in [1.165, 1.54) is 0 Å². The first kappa shape index (κ1) is 14.7. The summed E-state index contributed by atoms with van der Waals surface area (Å²) >= 11 is 0. The Morgan fingerprint density at radius 3 is 2.85 bits per heavy atom. The highest BCUT2D eigenvalue weighted by Gasteiger charge is 2.42. The molecule has 6 nitrogen and oxygen atoms in total. The number of methoxy groups -OCH3 is 1. The lowest BCUT2D eigenvalue weighted by Crippen LogP contribution is -2.56. The van der Waals surface area contributed by atoms with E-state index in [1.807, 2.05) is 19.9 Å². The fourth-order valence-electron chi connectivity index (χ4n) is 2.53. The minimum atomic E-state index is -0.365. The van der Waals surface area contributed by atoms with E-state index in [4.69, 9.17) is 9.47 Å². The molecule has 0 aromatic heterocycles. The first-order chi connectivity index (χ1) is 9.56. The third-order valence-corrected chi connectivity index (χ3v) is 3.59. The third-order valence-electron chi connectivity index (χ3n) is 3.59. The summed E-state index contributed by atoms with van der Waals surface area (Å²) in [4.78, 5) is 10.7. The zero-order chi connectivity index (χ0) is 14.7. The van der Waals surface area contributed by atoms with Gasteiger partial charge in [0.2, 0.25) is 0 Å². The van der Waals surface area contributed by atoms with Crippen LogP contribution in [0.1, 0.15) is 18.9 Å². The van der Waals surface area contributed by atoms with Gasteiger partial charge < -0.3 is 14.8 Å². The summed E-state index contributed by atoms with van der Waals surface area (Å²) in [7, 11) is 1.63. The molecule has 0 radical (unpaired) electrons. The molecule has 2 rings (SSSR count). The molecular weight excluding hydrogens is 260 g/mol. The Kier molecular flexibility index (Phi) is 4.57. The van der Waals surface area contributed by atoms with Gasteiger partial charge in [-0.25, -0.2) is 0 Å². The van der Waals surface area contributed by atoms with Crippen LogP contribution < -0.4 is 5.32 Å². The van der Waals surface area contributed by atoms with Gasteiger partial charge in [-0.15, -0.1) is 0 Å². The van der Waals surface area contributed by atoms with Crippen molar-refractivity contribution in [3.05, 3.63) is 33.9 Å². The second kappa shape index (κ2) is 6.19. The average molecular weight is 280 g/mol. The lowest BCUT2D eigenvalue weighted by Gasteiger charge is -2.43. The smallest absolute Gasteiger partial charge is 0.292 e. The standard InChI is InChI=1S/C14H20N2O4/c1-4-20-13-8-11(14(13)19-3)15-10-6-5-9(2)7-12(10)16(17)18/h5-7,11,13-15H,4,8H2,1-3H3. The first-order valence-corrected chi connectivity index (χ1v) is 6.72. The van der Waals surface area contributed by atoms with Crippen LogP contribution in [0, 0.1) is 17.0 Å². The molecule has 1 aliphatic rings. The highest BCUT2D eigenvalue weighted by Crippen LogP contribution is 2.33. The number of hydrogen-bond donors (Lipinski definition) is 1. The van der Waals surface area contributed by atoms with Crippen LogP contribution in [0.15, 0.2) is 18.2 Å². The molecular formula is C14H20N2O4. The fourth-order valence-corrected chi connectivity index (χ4v) is 2.53. The summed E-state index contributed by atoms with van der Waals surface area (Å²) in [6.45, 7) is 4.42. The van der Waals surface area contributed by atoms with Crippen LogP contribution in [0.5, 0.6) is 0 Å². The molecule has 0 heterocycles. The van der Waals surface area contributed by atoms with E-state index in [0.717, 1.165) is 12.0 Å². The number of anilines is 1. The van der Waals surface area contributed by atoms with Crippen LogP contribution >= 0.6 is 0 Å². The second-order valence-corrected chi connectivity index (χ2v) is 4.96. The summed E-state index contributed by atoms with van der Waals surface area (Å²) in [5.41, 5.74) is 1.49. The first-order valence-electron chi connectivity index (χ1n) is 6.72. The van der Waals surface area contributed by atoms with Gasteiger partial charge in [0, 0.05) is 19.8 Å². The number of ether oxygens (including phenoxy) is 2. The number of hydrogen-bond acceptors (Lipinski definition) is 5. The molecule has 0 amide bonds. The topological polar surface area (TPSA) is 73.6 Å². The van der Waals surface area contributed by atoms with Crippen molar-refractivity contribution >= 4 is 11.4 Å². The van der Waals surface area contributed by atoms with Gasteiger partial charge in [0.05, 0.1) is 17.1 Å². The third kappa shape index (κ3) is 2.91. The number of nitro benzene ring substituents is 1. The van der Waals surface area contributed by atoms with Gasteiger partial charge >= 0.3 is 0 Å². The highest BCUT2D eigenvalue weighted by molar-refractivity contribution is 5.63. The zero-order valence-electron chi connectivity index (χ0n) is 12.0. The minimum Gasteiger partial charge on any atom is -0.377 e. The lowest BCUT2D eigenvalue weighted by atomic mass is 9.85. The van der Waals surface area contributed by atoms with Gasteiger partial charge in [-0.3, -0.25) is 10.1 Å². The van der Waals surface area contributed by atoms with Gasteiger partial charge in [-0.2, -0.15) is 0 Å². The van der Waals surface area contributed by atoms with Crippen molar-refractivity contribution in [1.82, 2.24) is 0 Å². The number of rotatable bonds is 6. The van der Waals surface area contributed by atoms with E-state index in [1.54, 1.807) is 19.2 Å². The summed E-state index contributed by atoms with van der Waals surface area (Å²) in [6, 6.07) is 5.21. The predicted octanol–water partition coefficient (Wildman–Crippen LogP) is 2.51. The Bertz CT molecular complexity index is 492. The van der Waals surface area contributed by atoms with E-state index in [0.29, 0.717) is 12.3 Å². The average Bonchev–Trinajstić information content (AvgIpc) is 2.39. The summed E-state index contributed by atoms with van der Waals surface area (Å²) in [6.07, 6.45) is 0.778. The summed E-state index contributed by atoms with van der Waals surface area (Å²) in [5.74, 6) is 0. The molecule has 1 N–H and O–H groups in total. The van der Waals surface area contributed by atoms with Crippen molar-refractivity contribution in [2.24, 2.45) is 0 Å². The molecule has 0 spiro atoms. The van der Waals surface area contributed by atoms with Crippen LogP contribution in [-0.4, -0.2) is 36.9 Å². The molecule has 6 heteroatoms. The quantitative estimate of drug-likeness (QED) is 0.640. The van der Waals surface area contributed by atoms with Gasteiger partial charge in [0.25, 0.3) is 5.69 Å². The monoisotopic (exact) mass is 280 g/mol. The van der Waals surface area contributed by atoms with Gasteiger partial charge in [0.15, 0.2) is 0 Å². The van der Waals surface area contributed by atoms with Crippen molar-refractivity contribution in [2.45, 2.75) is 38.5 Å². The molecule has 1 aromatic carbocycles. The molecule has 1 saturated carbocycles. The van der Waals surface area contributed by atoms with Crippen molar-refractivity contribution < 1.29 is 14.4 Å². The largest absolute Gasteiger partial charge is 0.377 e. The molecule has 3 unspecified atom stereocenters. The number of benzene rings is 1. The maximum atomic E-state index is 11.1. The maximum absolute atomic E-state index is 11.1. The molecule has 0 aliphatic heterocycles. The molecule has 0 bridgehead atoms. The van der Waals surface area contributed by atoms with E-state index < -0.39 is 0 Å². The molecule has 20 heavy (non-hydrogen) atoms. The number of aryl methyl sites for hydroxylation is 1. The Balaban J connectivity index is 2.09. The van der Waals surface area contributed by atoms with Gasteiger partial charge in [-0.05, 0) is 31.9 Å². The Labute approximate surface area is 118 Å². The van der Waals surface area contributed by atoms with Crippen molar-refractivity contribution in [3.8, 4) is 0 Å². The number of nitrogens with one attached hydrogen (secondary N) is 1. The number of nitrogens with zero attached hydrogens (tertiary/aromatic N) is 1. The van der Waals surface area contributed by atoms with Crippen LogP contribution in [0.2, 0.25) is 0 Å². The molecule has 1 aromatic rings. The van der Waals surface area contributed by atoms with Crippen LogP contribution in [0.4, 0.5) is 11.4 Å². The maximum Gasteiger partial charge on any atom is 0.292 e. The minimum absolute atomic E-state index is 0.0398.